The highest BCUT2D eigenvalue weighted by atomic mass is 16.7. The lowest BCUT2D eigenvalue weighted by molar-refractivity contribution is -0.384. The van der Waals surface area contributed by atoms with Crippen LogP contribution >= 0.6 is 0 Å². The molecule has 2 aliphatic carbocycles. The predicted octanol–water partition coefficient (Wildman–Crippen LogP) is 9.35. The Balaban J connectivity index is 1.43. The molecule has 362 valence electrons. The Morgan fingerprint density at radius 3 is 2.32 bits per heavy atom. The number of unbranched alkanes of at least 4 members (excludes halogenated alkanes) is 2. The van der Waals surface area contributed by atoms with Crippen LogP contribution in [0.1, 0.15) is 73.1 Å². The normalized spacial score (nSPS) is 22.0. The minimum Gasteiger partial charge on any atom is -0.459 e. The summed E-state index contributed by atoms with van der Waals surface area (Å²) in [4.78, 5) is 33.6. The topological polar surface area (TPSA) is 192 Å². The molecule has 4 aromatic rings. The molecular weight excluding hydrogens is 871 g/mol. The van der Waals surface area contributed by atoms with Crippen LogP contribution in [0, 0.1) is 41.7 Å². The third-order valence-electron chi connectivity index (χ3n) is 13.2. The number of aliphatic hydroxyl groups excluding tert-OH is 3. The van der Waals surface area contributed by atoms with Gasteiger partial charge in [0.05, 0.1) is 43.0 Å². The van der Waals surface area contributed by atoms with Crippen LogP contribution in [0.4, 0.5) is 10.5 Å². The molecule has 15 heteroatoms. The molecule has 4 aromatic carbocycles. The van der Waals surface area contributed by atoms with Gasteiger partial charge in [0, 0.05) is 49.8 Å². The molecule has 0 aromatic heterocycles. The second-order valence-corrected chi connectivity index (χ2v) is 17.5. The molecule has 1 aliphatic heterocycles. The Labute approximate surface area is 397 Å². The first-order valence-corrected chi connectivity index (χ1v) is 23.5. The van der Waals surface area contributed by atoms with E-state index in [1.165, 1.54) is 29.2 Å². The number of carbonyl (C=O) groups is 1. The molecular formula is C53H63N3O12. The molecule has 1 fully saturated rings. The highest BCUT2D eigenvalue weighted by Gasteiger charge is 2.65. The number of non-ortho nitro benzene ring substituents is 1. The van der Waals surface area contributed by atoms with E-state index in [0.717, 1.165) is 53.5 Å². The fourth-order valence-corrected chi connectivity index (χ4v) is 9.88. The number of oxime groups is 1. The van der Waals surface area contributed by atoms with E-state index in [1.54, 1.807) is 6.08 Å². The highest BCUT2D eigenvalue weighted by Crippen LogP contribution is 2.62. The van der Waals surface area contributed by atoms with Crippen LogP contribution in [0.3, 0.4) is 0 Å². The monoisotopic (exact) mass is 933 g/mol. The number of aryl methyl sites for hydroxylation is 2. The molecule has 1 amide bonds. The summed E-state index contributed by atoms with van der Waals surface area (Å²) < 4.78 is 32.8. The van der Waals surface area contributed by atoms with Gasteiger partial charge in [0.1, 0.15) is 35.6 Å². The molecule has 0 bridgehead atoms. The first kappa shape index (κ1) is 49.8. The average Bonchev–Trinajstić information content (AvgIpc) is 3.34. The first-order chi connectivity index (χ1) is 33.1. The number of nitrogens with zero attached hydrogens (tertiary/aromatic N) is 3. The van der Waals surface area contributed by atoms with Crippen molar-refractivity contribution in [1.29, 1.82) is 0 Å². The summed E-state index contributed by atoms with van der Waals surface area (Å²) in [6.07, 6.45) is 7.43. The number of aliphatic hydroxyl groups is 3. The summed E-state index contributed by atoms with van der Waals surface area (Å²) in [7, 11) is 0. The smallest absolute Gasteiger partial charge is 0.415 e. The van der Waals surface area contributed by atoms with Crippen molar-refractivity contribution in [2.45, 2.75) is 83.1 Å². The molecule has 15 nitrogen and oxygen atoms in total. The zero-order chi connectivity index (χ0) is 48.0. The summed E-state index contributed by atoms with van der Waals surface area (Å²) in [5.41, 5.74) is 5.31. The third kappa shape index (κ3) is 11.6. The molecule has 3 N–H and O–H groups in total. The van der Waals surface area contributed by atoms with Gasteiger partial charge in [-0.25, -0.2) is 4.79 Å². The van der Waals surface area contributed by atoms with E-state index < -0.39 is 28.8 Å². The van der Waals surface area contributed by atoms with E-state index in [0.29, 0.717) is 35.8 Å². The number of benzene rings is 4. The van der Waals surface area contributed by atoms with Gasteiger partial charge in [-0.05, 0) is 116 Å². The maximum absolute atomic E-state index is 14.9. The Kier molecular flexibility index (Phi) is 17.4. The zero-order valence-corrected chi connectivity index (χ0v) is 38.9. The van der Waals surface area contributed by atoms with Crippen LogP contribution in [0.2, 0.25) is 0 Å². The van der Waals surface area contributed by atoms with E-state index in [-0.39, 0.29) is 88.4 Å². The van der Waals surface area contributed by atoms with E-state index >= 15 is 0 Å². The second kappa shape index (κ2) is 23.8. The summed E-state index contributed by atoms with van der Waals surface area (Å²) in [6.45, 7) is 8.19. The van der Waals surface area contributed by atoms with Crippen LogP contribution in [-0.2, 0) is 20.9 Å². The number of hydrogen-bond donors (Lipinski definition) is 3. The van der Waals surface area contributed by atoms with Crippen LogP contribution in [-0.4, -0.2) is 95.0 Å². The molecule has 68 heavy (non-hydrogen) atoms. The SMILES string of the molecule is C=CCOC12Oc3ccc(Oc4ccc(C)c(C)c4)cc3C3C(CCCCO)C(CCCCO)C=C(C(=NOCc4ccccc4)CC1N(CCOCCO)C(=O)Oc1ccc([N+](=O)[O-])cc1)C32. The van der Waals surface area contributed by atoms with Gasteiger partial charge in [-0.3, -0.25) is 15.0 Å². The lowest BCUT2D eigenvalue weighted by Gasteiger charge is -2.59. The molecule has 3 aliphatic rings. The number of amides is 1. The highest BCUT2D eigenvalue weighted by molar-refractivity contribution is 6.03. The van der Waals surface area contributed by atoms with Crippen molar-refractivity contribution in [1.82, 2.24) is 4.90 Å². The maximum Gasteiger partial charge on any atom is 0.415 e. The van der Waals surface area contributed by atoms with Crippen molar-refractivity contribution in [2.75, 3.05) is 46.2 Å². The molecule has 1 heterocycles. The molecule has 0 radical (unpaired) electrons. The third-order valence-corrected chi connectivity index (χ3v) is 13.2. The number of rotatable bonds is 24. The van der Waals surface area contributed by atoms with Crippen LogP contribution in [0.15, 0.2) is 120 Å². The number of hydrogen-bond acceptors (Lipinski definition) is 13. The summed E-state index contributed by atoms with van der Waals surface area (Å²) in [5.74, 6) is -0.688. The van der Waals surface area contributed by atoms with Crippen LogP contribution < -0.4 is 14.2 Å². The van der Waals surface area contributed by atoms with Gasteiger partial charge in [0.15, 0.2) is 0 Å². The van der Waals surface area contributed by atoms with Crippen LogP contribution in [0.25, 0.3) is 0 Å². The number of carbonyl (C=O) groups excluding carboxylic acids is 1. The zero-order valence-electron chi connectivity index (χ0n) is 38.9. The largest absolute Gasteiger partial charge is 0.459 e. The summed E-state index contributed by atoms with van der Waals surface area (Å²) >= 11 is 0. The van der Waals surface area contributed by atoms with E-state index in [9.17, 15) is 30.2 Å². The van der Waals surface area contributed by atoms with Crippen LogP contribution in [0.5, 0.6) is 23.0 Å². The number of ether oxygens (including phenoxy) is 5. The number of fused-ring (bicyclic) bond motifs is 2. The second-order valence-electron chi connectivity index (χ2n) is 17.5. The molecule has 0 spiro atoms. The Morgan fingerprint density at radius 1 is 0.897 bits per heavy atom. The fourth-order valence-electron chi connectivity index (χ4n) is 9.88. The average molecular weight is 934 g/mol. The molecule has 1 saturated carbocycles. The van der Waals surface area contributed by atoms with Gasteiger partial charge in [-0.1, -0.05) is 66.5 Å². The van der Waals surface area contributed by atoms with Gasteiger partial charge in [0.2, 0.25) is 5.79 Å². The van der Waals surface area contributed by atoms with E-state index in [1.807, 2.05) is 73.7 Å². The minimum absolute atomic E-state index is 0.00419. The van der Waals surface area contributed by atoms with Crippen molar-refractivity contribution in [2.24, 2.45) is 22.9 Å². The summed E-state index contributed by atoms with van der Waals surface area (Å²) in [6, 6.07) is 25.7. The van der Waals surface area contributed by atoms with Gasteiger partial charge >= 0.3 is 6.09 Å². The van der Waals surface area contributed by atoms with Crippen molar-refractivity contribution < 1.29 is 53.6 Å². The van der Waals surface area contributed by atoms with Gasteiger partial charge in [-0.2, -0.15) is 0 Å². The number of nitro benzene ring substituents is 1. The molecule has 6 atom stereocenters. The van der Waals surface area contributed by atoms with Gasteiger partial charge < -0.3 is 43.8 Å². The maximum atomic E-state index is 14.9. The van der Waals surface area contributed by atoms with Gasteiger partial charge in [-0.15, -0.1) is 6.58 Å². The predicted molar refractivity (Wildman–Crippen MR) is 256 cm³/mol. The Morgan fingerprint density at radius 2 is 1.62 bits per heavy atom. The summed E-state index contributed by atoms with van der Waals surface area (Å²) in [5, 5.41) is 46.1. The van der Waals surface area contributed by atoms with E-state index in [2.05, 4.69) is 19.6 Å². The van der Waals surface area contributed by atoms with Crippen molar-refractivity contribution in [3.05, 3.63) is 148 Å². The van der Waals surface area contributed by atoms with Crippen molar-refractivity contribution in [3.8, 4) is 23.0 Å². The number of allylic oxidation sites excluding steroid dienone is 1. The quantitative estimate of drug-likeness (QED) is 0.0262. The number of nitro groups is 1. The molecule has 0 saturated heterocycles. The fraction of sp³-hybridized carbons (Fsp3) is 0.434. The molecule has 6 unspecified atom stereocenters. The minimum atomic E-state index is -1.61. The molecule has 7 rings (SSSR count). The Bertz CT molecular complexity index is 2390. The lowest BCUT2D eigenvalue weighted by Crippen LogP contribution is -2.70. The van der Waals surface area contributed by atoms with E-state index in [4.69, 9.17) is 33.7 Å². The van der Waals surface area contributed by atoms with Crippen molar-refractivity contribution in [3.63, 3.8) is 0 Å². The standard InChI is InChI=1S/C53H63N3O12/c1-4-28-64-53-49(55(24-29-63-30-27-59)52(60)67-41-20-17-40(18-21-41)56(61)62)34-47(54-65-35-38-12-6-5-7-13-38)45-32-39(14-8-10-25-57)44(15-9-11-26-58)50(51(45)53)46-33-43(22-23-48(46)68-53)66-42-19-16-36(2)37(3)31-42/h4-7,12-13,16-23,31-33,39,44,49-51,57-59H,1,8-11,14-15,24-30,34-35H2,2-3H3. The van der Waals surface area contributed by atoms with Crippen molar-refractivity contribution >= 4 is 17.5 Å². The first-order valence-electron chi connectivity index (χ1n) is 23.5. The Hall–Kier alpha value is -6.10. The van der Waals surface area contributed by atoms with Gasteiger partial charge in [0.25, 0.3) is 5.69 Å². The lowest BCUT2D eigenvalue weighted by atomic mass is 9.55.